The van der Waals surface area contributed by atoms with E-state index in [4.69, 9.17) is 0 Å². The molecule has 122 valence electrons. The van der Waals surface area contributed by atoms with Gasteiger partial charge in [0.1, 0.15) is 5.69 Å². The molecule has 0 aliphatic carbocycles. The third kappa shape index (κ3) is 4.06. The van der Waals surface area contributed by atoms with Crippen molar-refractivity contribution in [3.63, 3.8) is 0 Å². The van der Waals surface area contributed by atoms with Crippen LogP contribution in [0, 0.1) is 0 Å². The van der Waals surface area contributed by atoms with Gasteiger partial charge in [-0.2, -0.15) is 0 Å². The van der Waals surface area contributed by atoms with Gasteiger partial charge in [-0.05, 0) is 37.3 Å². The van der Waals surface area contributed by atoms with Gasteiger partial charge in [0.15, 0.2) is 0 Å². The molecule has 1 aromatic carbocycles. The van der Waals surface area contributed by atoms with Crippen LogP contribution in [-0.2, 0) is 0 Å². The maximum absolute atomic E-state index is 12.3. The summed E-state index contributed by atoms with van der Waals surface area (Å²) in [4.78, 5) is 18.9. The second-order valence-electron chi connectivity index (χ2n) is 6.06. The molecule has 5 nitrogen and oxygen atoms in total. The molecule has 1 aromatic heterocycles. The first-order chi connectivity index (χ1) is 11.2. The number of carbonyl (C=O) groups excluding carboxylic acids is 1. The second-order valence-corrected chi connectivity index (χ2v) is 6.06. The minimum atomic E-state index is -0.136. The summed E-state index contributed by atoms with van der Waals surface area (Å²) in [5.41, 5.74) is 0.490. The van der Waals surface area contributed by atoms with Gasteiger partial charge in [-0.15, -0.1) is 0 Å². The Morgan fingerprint density at radius 2 is 2.04 bits per heavy atom. The molecular weight excluding hydrogens is 290 g/mol. The Kier molecular flexibility index (Phi) is 5.20. The Balaban J connectivity index is 1.49. The fraction of sp³-hybridized carbons (Fsp3) is 0.444. The van der Waals surface area contributed by atoms with Gasteiger partial charge in [0.2, 0.25) is 0 Å². The van der Waals surface area contributed by atoms with Crippen LogP contribution >= 0.6 is 0 Å². The number of pyridine rings is 1. The molecule has 3 rings (SSSR count). The molecule has 5 heteroatoms. The molecule has 0 spiro atoms. The molecule has 1 fully saturated rings. The van der Waals surface area contributed by atoms with Gasteiger partial charge in [0.25, 0.3) is 5.91 Å². The van der Waals surface area contributed by atoms with E-state index in [1.165, 1.54) is 0 Å². The number of aliphatic hydroxyl groups excluding tert-OH is 1. The van der Waals surface area contributed by atoms with E-state index in [1.54, 1.807) is 6.20 Å². The first-order valence-corrected chi connectivity index (χ1v) is 8.26. The van der Waals surface area contributed by atoms with Gasteiger partial charge in [-0.25, -0.2) is 0 Å². The molecule has 23 heavy (non-hydrogen) atoms. The molecular formula is C18H23N3O2. The fourth-order valence-corrected chi connectivity index (χ4v) is 3.03. The van der Waals surface area contributed by atoms with E-state index >= 15 is 0 Å². The first kappa shape index (κ1) is 15.9. The average Bonchev–Trinajstić information content (AvgIpc) is 2.59. The van der Waals surface area contributed by atoms with Crippen LogP contribution in [0.1, 0.15) is 29.8 Å². The number of piperidine rings is 1. The van der Waals surface area contributed by atoms with Gasteiger partial charge in [0, 0.05) is 31.2 Å². The van der Waals surface area contributed by atoms with Crippen LogP contribution in [0.2, 0.25) is 0 Å². The normalized spacial score (nSPS) is 16.6. The molecule has 1 aliphatic rings. The number of likely N-dealkylation sites (tertiary alicyclic amines) is 1. The number of rotatable bonds is 5. The average molecular weight is 313 g/mol. The maximum Gasteiger partial charge on any atom is 0.270 e. The number of aromatic nitrogens is 1. The van der Waals surface area contributed by atoms with Crippen LogP contribution in [0.5, 0.6) is 0 Å². The predicted octanol–water partition coefficient (Wildman–Crippen LogP) is 1.81. The molecule has 1 saturated heterocycles. The highest BCUT2D eigenvalue weighted by molar-refractivity contribution is 6.05. The molecule has 1 amide bonds. The van der Waals surface area contributed by atoms with Gasteiger partial charge >= 0.3 is 0 Å². The van der Waals surface area contributed by atoms with Crippen LogP contribution in [0.4, 0.5) is 0 Å². The molecule has 0 unspecified atom stereocenters. The van der Waals surface area contributed by atoms with Crippen molar-refractivity contribution in [2.45, 2.75) is 25.4 Å². The summed E-state index contributed by atoms with van der Waals surface area (Å²) in [5.74, 6) is -0.115. The van der Waals surface area contributed by atoms with Crippen molar-refractivity contribution in [2.24, 2.45) is 0 Å². The third-order valence-corrected chi connectivity index (χ3v) is 4.38. The lowest BCUT2D eigenvalue weighted by atomic mass is 10.1. The van der Waals surface area contributed by atoms with Gasteiger partial charge < -0.3 is 15.3 Å². The standard InChI is InChI=1S/C18H23N3O2/c22-15-7-12-21(13-8-15)11-3-9-20-18(23)17-16-5-2-1-4-14(16)6-10-19-17/h1-2,4-6,10,15,22H,3,7-9,11-13H2,(H,20,23). The predicted molar refractivity (Wildman–Crippen MR) is 90.4 cm³/mol. The number of nitrogens with one attached hydrogen (secondary N) is 1. The summed E-state index contributed by atoms with van der Waals surface area (Å²) in [7, 11) is 0. The number of fused-ring (bicyclic) bond motifs is 1. The number of hydrogen-bond acceptors (Lipinski definition) is 4. The zero-order valence-electron chi connectivity index (χ0n) is 13.2. The van der Waals surface area contributed by atoms with Gasteiger partial charge in [-0.3, -0.25) is 9.78 Å². The smallest absolute Gasteiger partial charge is 0.270 e. The van der Waals surface area contributed by atoms with Crippen molar-refractivity contribution >= 4 is 16.7 Å². The number of nitrogens with zero attached hydrogens (tertiary/aromatic N) is 2. The first-order valence-electron chi connectivity index (χ1n) is 8.26. The highest BCUT2D eigenvalue weighted by Crippen LogP contribution is 2.16. The number of amides is 1. The van der Waals surface area contributed by atoms with Crippen LogP contribution in [0.25, 0.3) is 10.8 Å². The highest BCUT2D eigenvalue weighted by atomic mass is 16.3. The van der Waals surface area contributed by atoms with Crippen molar-refractivity contribution in [1.29, 1.82) is 0 Å². The Hall–Kier alpha value is -1.98. The Morgan fingerprint density at radius 3 is 2.87 bits per heavy atom. The molecule has 1 aliphatic heterocycles. The van der Waals surface area contributed by atoms with Crippen LogP contribution in [-0.4, -0.2) is 53.2 Å². The Labute approximate surface area is 136 Å². The molecule has 2 aromatic rings. The van der Waals surface area contributed by atoms with Crippen molar-refractivity contribution in [3.8, 4) is 0 Å². The summed E-state index contributed by atoms with van der Waals surface area (Å²) in [5, 5.41) is 14.4. The SMILES string of the molecule is O=C(NCCCN1CCC(O)CC1)c1nccc2ccccc12. The molecule has 0 bridgehead atoms. The van der Waals surface area contributed by atoms with Crippen LogP contribution in [0.15, 0.2) is 36.5 Å². The van der Waals surface area contributed by atoms with Crippen molar-refractivity contribution in [2.75, 3.05) is 26.2 Å². The number of carbonyl (C=O) groups is 1. The zero-order valence-corrected chi connectivity index (χ0v) is 13.2. The number of aliphatic hydroxyl groups is 1. The lowest BCUT2D eigenvalue weighted by Crippen LogP contribution is -2.37. The van der Waals surface area contributed by atoms with E-state index in [2.05, 4.69) is 15.2 Å². The quantitative estimate of drug-likeness (QED) is 0.826. The largest absolute Gasteiger partial charge is 0.393 e. The minimum Gasteiger partial charge on any atom is -0.393 e. The van der Waals surface area contributed by atoms with Gasteiger partial charge in [0.05, 0.1) is 6.10 Å². The van der Waals surface area contributed by atoms with E-state index in [0.29, 0.717) is 12.2 Å². The topological polar surface area (TPSA) is 65.5 Å². The summed E-state index contributed by atoms with van der Waals surface area (Å²) in [6.45, 7) is 3.48. The van der Waals surface area contributed by atoms with Gasteiger partial charge in [-0.1, -0.05) is 24.3 Å². The summed E-state index contributed by atoms with van der Waals surface area (Å²) in [6.07, 6.45) is 4.16. The Bertz CT molecular complexity index is 661. The van der Waals surface area contributed by atoms with E-state index < -0.39 is 0 Å². The highest BCUT2D eigenvalue weighted by Gasteiger charge is 2.16. The van der Waals surface area contributed by atoms with Crippen molar-refractivity contribution in [1.82, 2.24) is 15.2 Å². The summed E-state index contributed by atoms with van der Waals surface area (Å²) in [6, 6.07) is 9.71. The van der Waals surface area contributed by atoms with E-state index in [9.17, 15) is 9.90 Å². The third-order valence-electron chi connectivity index (χ3n) is 4.38. The Morgan fingerprint density at radius 1 is 1.26 bits per heavy atom. The van der Waals surface area contributed by atoms with Crippen molar-refractivity contribution in [3.05, 3.63) is 42.2 Å². The summed E-state index contributed by atoms with van der Waals surface area (Å²) < 4.78 is 0. The van der Waals surface area contributed by atoms with Crippen LogP contribution < -0.4 is 5.32 Å². The molecule has 2 N–H and O–H groups in total. The fourth-order valence-electron chi connectivity index (χ4n) is 3.03. The zero-order chi connectivity index (χ0) is 16.1. The molecule has 2 heterocycles. The number of hydrogen-bond donors (Lipinski definition) is 2. The minimum absolute atomic E-state index is 0.115. The van der Waals surface area contributed by atoms with Crippen LogP contribution in [0.3, 0.4) is 0 Å². The van der Waals surface area contributed by atoms with E-state index in [0.717, 1.165) is 49.7 Å². The summed E-state index contributed by atoms with van der Waals surface area (Å²) >= 11 is 0. The van der Waals surface area contributed by atoms with E-state index in [1.807, 2.05) is 30.3 Å². The maximum atomic E-state index is 12.3. The lowest BCUT2D eigenvalue weighted by Gasteiger charge is -2.29. The molecule has 0 atom stereocenters. The van der Waals surface area contributed by atoms with E-state index in [-0.39, 0.29) is 12.0 Å². The number of benzene rings is 1. The monoisotopic (exact) mass is 313 g/mol. The lowest BCUT2D eigenvalue weighted by molar-refractivity contribution is 0.0816. The van der Waals surface area contributed by atoms with Crippen molar-refractivity contribution < 1.29 is 9.90 Å². The molecule has 0 saturated carbocycles. The second kappa shape index (κ2) is 7.53. The molecule has 0 radical (unpaired) electrons.